The molecule has 0 N–H and O–H groups in total. The molecule has 8 aromatic rings. The van der Waals surface area contributed by atoms with Gasteiger partial charge in [0.15, 0.2) is 52.0 Å². The molecule has 0 radical (unpaired) electrons. The Bertz CT molecular complexity index is 3800. The summed E-state index contributed by atoms with van der Waals surface area (Å²) in [6.45, 7) is 4.19. The molecule has 0 unspecified atom stereocenters. The molecule has 14 nitrogen and oxygen atoms in total. The van der Waals surface area contributed by atoms with Gasteiger partial charge in [-0.2, -0.15) is 10.2 Å². The van der Waals surface area contributed by atoms with Gasteiger partial charge < -0.3 is 19.6 Å². The molecule has 4 aromatic carbocycles. The summed E-state index contributed by atoms with van der Waals surface area (Å²) in [5.74, 6) is -9.28. The van der Waals surface area contributed by atoms with E-state index in [4.69, 9.17) is 0 Å². The van der Waals surface area contributed by atoms with Crippen LogP contribution in [0.3, 0.4) is 0 Å². The average Bonchev–Trinajstić information content (AvgIpc) is 4.48. The molecule has 0 bridgehead atoms. The van der Waals surface area contributed by atoms with E-state index in [9.17, 15) is 54.3 Å². The van der Waals surface area contributed by atoms with Crippen LogP contribution in [-0.2, 0) is 9.59 Å². The van der Waals surface area contributed by atoms with Crippen LogP contribution in [0.15, 0.2) is 122 Å². The van der Waals surface area contributed by atoms with Gasteiger partial charge in [-0.1, -0.05) is 12.1 Å². The fourth-order valence-electron chi connectivity index (χ4n) is 11.6. The van der Waals surface area contributed by atoms with E-state index in [1.807, 2.05) is 0 Å². The second kappa shape index (κ2) is 21.8. The molecule has 0 aliphatic carbocycles. The van der Waals surface area contributed by atoms with Gasteiger partial charge in [-0.25, -0.2) is 44.5 Å². The quantitative estimate of drug-likeness (QED) is 0.107. The van der Waals surface area contributed by atoms with Crippen LogP contribution in [0.2, 0.25) is 0 Å². The van der Waals surface area contributed by atoms with E-state index in [1.165, 1.54) is 31.3 Å². The first kappa shape index (κ1) is 54.9. The largest absolute Gasteiger partial charge is 0.356 e. The lowest BCUT2D eigenvalue weighted by Crippen LogP contribution is -2.57. The number of aromatic nitrogens is 6. The van der Waals surface area contributed by atoms with Gasteiger partial charge in [-0.05, 0) is 123 Å². The highest BCUT2D eigenvalue weighted by atomic mass is 19.2. The highest BCUT2D eigenvalue weighted by Crippen LogP contribution is 2.44. The molecule has 0 atom stereocenters. The molecule has 2 amide bonds. The number of pyridine rings is 2. The molecule has 8 heterocycles. The van der Waals surface area contributed by atoms with E-state index in [2.05, 4.69) is 20.2 Å². The number of aryl methyl sites for hydroxylation is 2. The molecular weight excluding hydrogens is 1080 g/mol. The summed E-state index contributed by atoms with van der Waals surface area (Å²) in [6, 6.07) is 22.9. The Kier molecular flexibility index (Phi) is 14.6. The molecule has 12 rings (SSSR count). The Hall–Kier alpha value is -9.08. The molecule has 0 saturated carbocycles. The van der Waals surface area contributed by atoms with Gasteiger partial charge in [-0.15, -0.1) is 0 Å². The van der Waals surface area contributed by atoms with E-state index in [-0.39, 0.29) is 112 Å². The molecule has 82 heavy (non-hydrogen) atoms. The zero-order valence-electron chi connectivity index (χ0n) is 44.2. The van der Waals surface area contributed by atoms with Gasteiger partial charge in [-0.3, -0.25) is 29.1 Å². The van der Waals surface area contributed by atoms with E-state index >= 15 is 0 Å². The number of Topliss-reactive ketones (excluding diaryl/α,β-unsaturated/α-hetero) is 2. The van der Waals surface area contributed by atoms with Crippen LogP contribution >= 0.6 is 0 Å². The predicted octanol–water partition coefficient (Wildman–Crippen LogP) is 10.5. The molecule has 4 saturated heterocycles. The second-order valence-electron chi connectivity index (χ2n) is 20.7. The summed E-state index contributed by atoms with van der Waals surface area (Å²) < 4.78 is 117. The SMILES string of the molecule is Cc1ccc(-n2nc(C(=O)N3CCC4(CC3)C(=O)CCN4c3c(F)cc(F)cc3F)cc2-c2ccncc2)cc1F.Cc1ccc(-n2nc(C(=O)N3CCC4(CC3)C(=O)CCN4c3ccc(F)c(F)c3F)cc2-c2ccncc2)cc1F. The van der Waals surface area contributed by atoms with Gasteiger partial charge in [0, 0.05) is 100 Å². The minimum atomic E-state index is -1.58. The van der Waals surface area contributed by atoms with Crippen molar-refractivity contribution in [1.82, 2.24) is 39.3 Å². The number of carbonyl (C=O) groups is 4. The monoisotopic (exact) mass is 1130 g/mol. The number of benzene rings is 4. The second-order valence-corrected chi connectivity index (χ2v) is 20.7. The number of halogens is 8. The van der Waals surface area contributed by atoms with Gasteiger partial charge in [0.1, 0.15) is 34.2 Å². The number of amides is 2. The summed E-state index contributed by atoms with van der Waals surface area (Å²) in [4.78, 5) is 67.5. The third-order valence-corrected chi connectivity index (χ3v) is 16.1. The molecule has 4 aliphatic rings. The summed E-state index contributed by atoms with van der Waals surface area (Å²) in [5, 5.41) is 9.06. The predicted molar refractivity (Wildman–Crippen MR) is 285 cm³/mol. The van der Waals surface area contributed by atoms with Gasteiger partial charge in [0.25, 0.3) is 11.8 Å². The van der Waals surface area contributed by atoms with Crippen LogP contribution in [0.4, 0.5) is 46.5 Å². The first-order valence-electron chi connectivity index (χ1n) is 26.4. The molecule has 420 valence electrons. The maximum Gasteiger partial charge on any atom is 0.274 e. The van der Waals surface area contributed by atoms with Gasteiger partial charge in [0.05, 0.1) is 28.5 Å². The number of anilines is 2. The number of nitrogens with zero attached hydrogens (tertiary/aromatic N) is 10. The Labute approximate surface area is 464 Å². The zero-order valence-corrected chi connectivity index (χ0v) is 44.2. The van der Waals surface area contributed by atoms with Crippen molar-refractivity contribution < 1.29 is 54.3 Å². The molecule has 4 aliphatic heterocycles. The van der Waals surface area contributed by atoms with Crippen molar-refractivity contribution in [3.05, 3.63) is 191 Å². The maximum absolute atomic E-state index is 14.7. The van der Waals surface area contributed by atoms with Crippen LogP contribution in [0, 0.1) is 60.4 Å². The van der Waals surface area contributed by atoms with Crippen molar-refractivity contribution >= 4 is 34.8 Å². The zero-order chi connectivity index (χ0) is 57.8. The summed E-state index contributed by atoms with van der Waals surface area (Å²) in [6.07, 6.45) is 7.33. The van der Waals surface area contributed by atoms with Crippen LogP contribution < -0.4 is 9.80 Å². The first-order valence-corrected chi connectivity index (χ1v) is 26.4. The minimum absolute atomic E-state index is 0.0943. The Morgan fingerprint density at radius 3 is 1.33 bits per heavy atom. The minimum Gasteiger partial charge on any atom is -0.356 e. The van der Waals surface area contributed by atoms with Crippen LogP contribution in [0.5, 0.6) is 0 Å². The molecule has 22 heteroatoms. The smallest absolute Gasteiger partial charge is 0.274 e. The Balaban J connectivity index is 0.000000172. The lowest BCUT2D eigenvalue weighted by Gasteiger charge is -2.44. The van der Waals surface area contributed by atoms with Crippen LogP contribution in [0.25, 0.3) is 33.9 Å². The fourth-order valence-corrected chi connectivity index (χ4v) is 11.6. The highest BCUT2D eigenvalue weighted by Gasteiger charge is 2.53. The first-order chi connectivity index (χ1) is 39.4. The Morgan fingerprint density at radius 2 is 0.890 bits per heavy atom. The molecular formula is C60H50F8N10O4. The van der Waals surface area contributed by atoms with Crippen LogP contribution in [0.1, 0.15) is 70.6 Å². The van der Waals surface area contributed by atoms with Crippen molar-refractivity contribution in [3.8, 4) is 33.9 Å². The van der Waals surface area contributed by atoms with E-state index in [0.29, 0.717) is 46.0 Å². The number of hydrogen-bond acceptors (Lipinski definition) is 10. The molecule has 2 spiro atoms. The van der Waals surface area contributed by atoms with E-state index in [1.54, 1.807) is 109 Å². The van der Waals surface area contributed by atoms with Crippen molar-refractivity contribution in [2.75, 3.05) is 49.1 Å². The third-order valence-electron chi connectivity index (χ3n) is 16.1. The topological polar surface area (TPSA) is 143 Å². The summed E-state index contributed by atoms with van der Waals surface area (Å²) in [7, 11) is 0. The fraction of sp³-hybridized carbons (Fsp3) is 0.267. The third kappa shape index (κ3) is 9.82. The van der Waals surface area contributed by atoms with Crippen molar-refractivity contribution in [3.63, 3.8) is 0 Å². The van der Waals surface area contributed by atoms with Crippen molar-refractivity contribution in [2.45, 2.75) is 63.5 Å². The standard InChI is InChI=1S/2C30H25F4N5O2/c1-18-2-3-21(16-22(18)32)39-26(19-4-9-35-10-5-19)17-25(36-39)29(41)37-12-7-30(8-13-37)27(40)6-11-38(30)28-23(33)14-20(31)15-24(28)34;1-18-2-3-20(16-22(18)32)39-25(19-6-11-35-12-7-19)17-23(36-39)29(41)37-14-9-30(10-15-37)26(40)8-13-38(30)24-5-4-21(31)27(33)28(24)34/h2-5,9-10,14-17H,6-8,11-13H2,1H3;2-7,11-12,16-17H,8-10,13-15H2,1H3. The van der Waals surface area contributed by atoms with Crippen molar-refractivity contribution in [2.24, 2.45) is 0 Å². The number of ketones is 2. The molecule has 4 fully saturated rings. The van der Waals surface area contributed by atoms with Gasteiger partial charge >= 0.3 is 0 Å². The van der Waals surface area contributed by atoms with Crippen LogP contribution in [-0.4, -0.2) is 113 Å². The highest BCUT2D eigenvalue weighted by molar-refractivity contribution is 5.99. The van der Waals surface area contributed by atoms with E-state index in [0.717, 1.165) is 23.3 Å². The van der Waals surface area contributed by atoms with Gasteiger partial charge in [0.2, 0.25) is 0 Å². The van der Waals surface area contributed by atoms with Crippen molar-refractivity contribution in [1.29, 1.82) is 0 Å². The lowest BCUT2D eigenvalue weighted by atomic mass is 9.83. The lowest BCUT2D eigenvalue weighted by molar-refractivity contribution is -0.123. The van der Waals surface area contributed by atoms with E-state index < -0.39 is 69.2 Å². The number of hydrogen-bond donors (Lipinski definition) is 0. The Morgan fingerprint density at radius 1 is 0.463 bits per heavy atom. The number of carbonyl (C=O) groups excluding carboxylic acids is 4. The number of rotatable bonds is 8. The summed E-state index contributed by atoms with van der Waals surface area (Å²) in [5.41, 5.74) is 1.75. The average molecular weight is 1130 g/mol. The number of piperidine rings is 2. The molecule has 4 aromatic heterocycles. The normalized spacial score (nSPS) is 16.6. The number of likely N-dealkylation sites (tertiary alicyclic amines) is 2. The maximum atomic E-state index is 14.7. The summed E-state index contributed by atoms with van der Waals surface area (Å²) >= 11 is 0.